The lowest BCUT2D eigenvalue weighted by molar-refractivity contribution is 0.0769. The van der Waals surface area contributed by atoms with Gasteiger partial charge >= 0.3 is 0 Å². The van der Waals surface area contributed by atoms with Crippen LogP contribution in [0.1, 0.15) is 43.6 Å². The second kappa shape index (κ2) is 8.59. The number of halogens is 1. The summed E-state index contributed by atoms with van der Waals surface area (Å²) in [7, 11) is 1.60. The van der Waals surface area contributed by atoms with Crippen molar-refractivity contribution in [1.82, 2.24) is 25.3 Å². The molecule has 2 heterocycles. The average molecular weight is 397 g/mol. The van der Waals surface area contributed by atoms with Crippen molar-refractivity contribution in [3.8, 4) is 0 Å². The van der Waals surface area contributed by atoms with Crippen molar-refractivity contribution in [2.75, 3.05) is 7.05 Å². The van der Waals surface area contributed by atoms with Crippen molar-refractivity contribution < 1.29 is 18.5 Å². The van der Waals surface area contributed by atoms with E-state index in [4.69, 9.17) is 4.52 Å². The number of amides is 2. The predicted molar refractivity (Wildman–Crippen MR) is 101 cm³/mol. The zero-order chi connectivity index (χ0) is 21.0. The lowest BCUT2D eigenvalue weighted by Gasteiger charge is -2.17. The molecule has 0 atom stereocenters. The Morgan fingerprint density at radius 2 is 1.76 bits per heavy atom. The van der Waals surface area contributed by atoms with Crippen LogP contribution < -0.4 is 5.32 Å². The van der Waals surface area contributed by atoms with Crippen LogP contribution in [0.5, 0.6) is 0 Å². The number of hydrogen-bond donors (Lipinski definition) is 1. The van der Waals surface area contributed by atoms with E-state index in [0.29, 0.717) is 17.0 Å². The molecule has 0 spiro atoms. The van der Waals surface area contributed by atoms with Gasteiger partial charge in [0.2, 0.25) is 0 Å². The molecule has 0 aliphatic carbocycles. The second-order valence-corrected chi connectivity index (χ2v) is 6.53. The fourth-order valence-corrected chi connectivity index (χ4v) is 2.75. The lowest BCUT2D eigenvalue weighted by atomic mass is 10.1. The zero-order valence-electron chi connectivity index (χ0n) is 16.3. The molecule has 0 fully saturated rings. The first kappa shape index (κ1) is 20.1. The Balaban J connectivity index is 1.74. The Labute approximate surface area is 166 Å². The molecule has 1 aromatic carbocycles. The Bertz CT molecular complexity index is 1010. The van der Waals surface area contributed by atoms with Crippen LogP contribution in [0, 0.1) is 19.7 Å². The number of aryl methyl sites for hydroxylation is 2. The van der Waals surface area contributed by atoms with Gasteiger partial charge in [-0.05, 0) is 31.5 Å². The molecule has 3 rings (SSSR count). The van der Waals surface area contributed by atoms with Gasteiger partial charge in [0.25, 0.3) is 11.8 Å². The maximum Gasteiger partial charge on any atom is 0.274 e. The van der Waals surface area contributed by atoms with Crippen LogP contribution in [0.15, 0.2) is 41.2 Å². The SMILES string of the molecule is Cc1noc(C)c1CN(C)C(=O)c1nccnc1C(=O)NCc1ccc(F)cc1. The van der Waals surface area contributed by atoms with Crippen LogP contribution in [-0.4, -0.2) is 38.9 Å². The molecule has 150 valence electrons. The molecule has 2 aromatic heterocycles. The molecule has 2 amide bonds. The molecule has 1 N–H and O–H groups in total. The quantitative estimate of drug-likeness (QED) is 0.686. The summed E-state index contributed by atoms with van der Waals surface area (Å²) >= 11 is 0. The van der Waals surface area contributed by atoms with Gasteiger partial charge in [-0.15, -0.1) is 0 Å². The maximum atomic E-state index is 13.0. The van der Waals surface area contributed by atoms with Crippen molar-refractivity contribution in [2.45, 2.75) is 26.9 Å². The maximum absolute atomic E-state index is 13.0. The number of benzene rings is 1. The van der Waals surface area contributed by atoms with E-state index in [2.05, 4.69) is 20.4 Å². The largest absolute Gasteiger partial charge is 0.361 e. The Morgan fingerprint density at radius 3 is 2.38 bits per heavy atom. The monoisotopic (exact) mass is 397 g/mol. The average Bonchev–Trinajstić information content (AvgIpc) is 3.04. The minimum Gasteiger partial charge on any atom is -0.361 e. The van der Waals surface area contributed by atoms with Crippen LogP contribution in [0.2, 0.25) is 0 Å². The fraction of sp³-hybridized carbons (Fsp3) is 0.250. The topological polar surface area (TPSA) is 101 Å². The van der Waals surface area contributed by atoms with Crippen molar-refractivity contribution in [2.24, 2.45) is 0 Å². The van der Waals surface area contributed by atoms with Gasteiger partial charge in [-0.2, -0.15) is 0 Å². The van der Waals surface area contributed by atoms with Crippen molar-refractivity contribution in [1.29, 1.82) is 0 Å². The van der Waals surface area contributed by atoms with Crippen LogP contribution in [0.3, 0.4) is 0 Å². The summed E-state index contributed by atoms with van der Waals surface area (Å²) in [5.74, 6) is -0.733. The van der Waals surface area contributed by atoms with Gasteiger partial charge in [0.15, 0.2) is 11.4 Å². The highest BCUT2D eigenvalue weighted by Gasteiger charge is 2.24. The van der Waals surface area contributed by atoms with E-state index < -0.39 is 11.8 Å². The molecular weight excluding hydrogens is 377 g/mol. The molecule has 0 radical (unpaired) electrons. The van der Waals surface area contributed by atoms with Crippen LogP contribution >= 0.6 is 0 Å². The molecule has 0 aliphatic heterocycles. The Kier molecular flexibility index (Phi) is 5.96. The van der Waals surface area contributed by atoms with Gasteiger partial charge < -0.3 is 14.7 Å². The molecule has 9 heteroatoms. The van der Waals surface area contributed by atoms with Crippen LogP contribution in [0.4, 0.5) is 4.39 Å². The number of aromatic nitrogens is 3. The minimum absolute atomic E-state index is 0.0571. The van der Waals surface area contributed by atoms with Crippen molar-refractivity contribution >= 4 is 11.8 Å². The van der Waals surface area contributed by atoms with Gasteiger partial charge in [0.05, 0.1) is 12.2 Å². The molecule has 0 aliphatic rings. The summed E-state index contributed by atoms with van der Waals surface area (Å²) in [6.45, 7) is 3.98. The molecule has 0 bridgehead atoms. The molecule has 8 nitrogen and oxygen atoms in total. The second-order valence-electron chi connectivity index (χ2n) is 6.53. The van der Waals surface area contributed by atoms with Crippen molar-refractivity contribution in [3.63, 3.8) is 0 Å². The first-order chi connectivity index (χ1) is 13.9. The third kappa shape index (κ3) is 4.63. The van der Waals surface area contributed by atoms with Gasteiger partial charge in [-0.1, -0.05) is 17.3 Å². The first-order valence-electron chi connectivity index (χ1n) is 8.87. The van der Waals surface area contributed by atoms with E-state index in [1.54, 1.807) is 33.0 Å². The van der Waals surface area contributed by atoms with E-state index in [9.17, 15) is 14.0 Å². The molecular formula is C20H20FN5O3. The summed E-state index contributed by atoms with van der Waals surface area (Å²) in [5.41, 5.74) is 2.07. The summed E-state index contributed by atoms with van der Waals surface area (Å²) in [6, 6.07) is 5.75. The normalized spacial score (nSPS) is 10.6. The van der Waals surface area contributed by atoms with Crippen LogP contribution in [0.25, 0.3) is 0 Å². The molecule has 0 saturated carbocycles. The smallest absolute Gasteiger partial charge is 0.274 e. The van der Waals surface area contributed by atoms with Gasteiger partial charge in [-0.3, -0.25) is 9.59 Å². The number of hydrogen-bond acceptors (Lipinski definition) is 6. The van der Waals surface area contributed by atoms with E-state index in [1.807, 2.05) is 0 Å². The first-order valence-corrected chi connectivity index (χ1v) is 8.87. The van der Waals surface area contributed by atoms with Gasteiger partial charge in [0.1, 0.15) is 11.6 Å². The zero-order valence-corrected chi connectivity index (χ0v) is 16.3. The number of nitrogens with zero attached hydrogens (tertiary/aromatic N) is 4. The summed E-state index contributed by atoms with van der Waals surface area (Å²) in [4.78, 5) is 35.0. The third-order valence-electron chi connectivity index (χ3n) is 4.41. The highest BCUT2D eigenvalue weighted by atomic mass is 19.1. The fourth-order valence-electron chi connectivity index (χ4n) is 2.75. The molecule has 0 saturated heterocycles. The van der Waals surface area contributed by atoms with E-state index in [1.165, 1.54) is 29.4 Å². The van der Waals surface area contributed by atoms with E-state index in [0.717, 1.165) is 5.56 Å². The predicted octanol–water partition coefficient (Wildman–Crippen LogP) is 2.42. The molecule has 3 aromatic rings. The number of nitrogens with one attached hydrogen (secondary N) is 1. The summed E-state index contributed by atoms with van der Waals surface area (Å²) < 4.78 is 18.1. The highest BCUT2D eigenvalue weighted by molar-refractivity contribution is 6.04. The molecule has 29 heavy (non-hydrogen) atoms. The Hall–Kier alpha value is -3.62. The summed E-state index contributed by atoms with van der Waals surface area (Å²) in [5, 5.41) is 6.55. The van der Waals surface area contributed by atoms with E-state index >= 15 is 0 Å². The Morgan fingerprint density at radius 1 is 1.10 bits per heavy atom. The van der Waals surface area contributed by atoms with Gasteiger partial charge in [0, 0.05) is 31.5 Å². The molecule has 0 unspecified atom stereocenters. The third-order valence-corrected chi connectivity index (χ3v) is 4.41. The van der Waals surface area contributed by atoms with Crippen molar-refractivity contribution in [3.05, 3.63) is 76.4 Å². The number of rotatable bonds is 6. The summed E-state index contributed by atoms with van der Waals surface area (Å²) in [6.07, 6.45) is 2.70. The minimum atomic E-state index is -0.545. The highest BCUT2D eigenvalue weighted by Crippen LogP contribution is 2.16. The van der Waals surface area contributed by atoms with Crippen LogP contribution in [-0.2, 0) is 13.1 Å². The standard InChI is InChI=1S/C20H20FN5O3/c1-12-16(13(2)29-25-12)11-26(3)20(28)18-17(22-8-9-23-18)19(27)24-10-14-4-6-15(21)7-5-14/h4-9H,10-11H2,1-3H3,(H,24,27). The number of carbonyl (C=O) groups is 2. The van der Waals surface area contributed by atoms with E-state index in [-0.39, 0.29) is 30.3 Å². The lowest BCUT2D eigenvalue weighted by Crippen LogP contribution is -2.32. The van der Waals surface area contributed by atoms with Gasteiger partial charge in [-0.25, -0.2) is 14.4 Å². The number of carbonyl (C=O) groups excluding carboxylic acids is 2.